The van der Waals surface area contributed by atoms with Crippen molar-refractivity contribution in [1.82, 2.24) is 15.4 Å². The molecule has 0 fully saturated rings. The molecule has 1 aliphatic carbocycles. The van der Waals surface area contributed by atoms with Gasteiger partial charge in [0.05, 0.1) is 23.1 Å². The van der Waals surface area contributed by atoms with Crippen LogP contribution in [0, 0.1) is 18.3 Å². The van der Waals surface area contributed by atoms with Crippen molar-refractivity contribution in [3.63, 3.8) is 0 Å². The monoisotopic (exact) mass is 433 g/mol. The molecule has 2 aromatic rings. The van der Waals surface area contributed by atoms with Crippen LogP contribution in [0.15, 0.2) is 65.3 Å². The van der Waals surface area contributed by atoms with E-state index in [1.165, 1.54) is 17.3 Å². The molecule has 3 N–H and O–H groups in total. The number of rotatable bonds is 3. The second kappa shape index (κ2) is 8.25. The molecule has 4 rings (SSSR count). The second-order valence-corrected chi connectivity index (χ2v) is 7.81. The van der Waals surface area contributed by atoms with Gasteiger partial charge in [0.1, 0.15) is 11.0 Å². The maximum atomic E-state index is 13.0. The van der Waals surface area contributed by atoms with Gasteiger partial charge in [-0.25, -0.2) is 9.99 Å². The Kier molecular flexibility index (Phi) is 5.49. The number of halogens is 1. The van der Waals surface area contributed by atoms with Gasteiger partial charge >= 0.3 is 0 Å². The number of allylic oxidation sites excluding steroid dienone is 3. The van der Waals surface area contributed by atoms with Crippen LogP contribution in [0.2, 0.25) is 5.15 Å². The highest BCUT2D eigenvalue weighted by atomic mass is 35.5. The van der Waals surface area contributed by atoms with Crippen LogP contribution in [0.25, 0.3) is 0 Å². The summed E-state index contributed by atoms with van der Waals surface area (Å²) in [5, 5.41) is 11.4. The molecule has 1 unspecified atom stereocenters. The number of hydrazine groups is 1. The Morgan fingerprint density at radius 2 is 2.06 bits per heavy atom. The Hall–Kier alpha value is -3.63. The molecule has 1 atom stereocenters. The first kappa shape index (κ1) is 20.6. The molecule has 2 aliphatic rings. The predicted octanol–water partition coefficient (Wildman–Crippen LogP) is 3.49. The van der Waals surface area contributed by atoms with Gasteiger partial charge in [0, 0.05) is 23.9 Å². The molecule has 1 amide bonds. The number of ketones is 1. The summed E-state index contributed by atoms with van der Waals surface area (Å²) in [4.78, 5) is 29.9. The topological polar surface area (TPSA) is 112 Å². The number of nitriles is 1. The number of pyridine rings is 1. The minimum absolute atomic E-state index is 0.0478. The van der Waals surface area contributed by atoms with Gasteiger partial charge in [0.15, 0.2) is 5.78 Å². The third kappa shape index (κ3) is 3.56. The Labute approximate surface area is 184 Å². The van der Waals surface area contributed by atoms with Crippen LogP contribution in [0.3, 0.4) is 0 Å². The van der Waals surface area contributed by atoms with Crippen LogP contribution >= 0.6 is 11.6 Å². The summed E-state index contributed by atoms with van der Waals surface area (Å²) in [6.45, 7) is 1.94. The lowest BCUT2D eigenvalue weighted by atomic mass is 9.75. The lowest BCUT2D eigenvalue weighted by molar-refractivity contribution is -0.116. The molecule has 1 aromatic carbocycles. The average molecular weight is 434 g/mol. The average Bonchev–Trinajstić information content (AvgIpc) is 2.76. The number of amides is 1. The minimum Gasteiger partial charge on any atom is -0.383 e. The largest absolute Gasteiger partial charge is 0.383 e. The van der Waals surface area contributed by atoms with Crippen molar-refractivity contribution < 1.29 is 9.59 Å². The predicted molar refractivity (Wildman–Crippen MR) is 115 cm³/mol. The zero-order chi connectivity index (χ0) is 22.1. The molecule has 0 bridgehead atoms. The molecule has 1 aromatic heterocycles. The van der Waals surface area contributed by atoms with Gasteiger partial charge in [-0.15, -0.1) is 0 Å². The SMILES string of the molecule is Cc1ccccc1C1C(C#N)=C(N)N(NC(=O)c2cccnc2Cl)C2=C1C(=O)CCC2. The number of hydrogen-bond donors (Lipinski definition) is 2. The molecule has 0 radical (unpaired) electrons. The van der Waals surface area contributed by atoms with Crippen molar-refractivity contribution in [2.75, 3.05) is 0 Å². The highest BCUT2D eigenvalue weighted by Gasteiger charge is 2.41. The number of aryl methyl sites for hydroxylation is 1. The highest BCUT2D eigenvalue weighted by molar-refractivity contribution is 6.32. The van der Waals surface area contributed by atoms with E-state index in [-0.39, 0.29) is 27.9 Å². The van der Waals surface area contributed by atoms with Gasteiger partial charge in [-0.2, -0.15) is 5.26 Å². The summed E-state index contributed by atoms with van der Waals surface area (Å²) in [5.74, 6) is -1.05. The van der Waals surface area contributed by atoms with E-state index in [0.717, 1.165) is 11.1 Å². The van der Waals surface area contributed by atoms with E-state index in [0.29, 0.717) is 30.5 Å². The van der Waals surface area contributed by atoms with E-state index < -0.39 is 11.8 Å². The first-order chi connectivity index (χ1) is 14.9. The lowest BCUT2D eigenvalue weighted by Gasteiger charge is -2.39. The molecule has 0 spiro atoms. The normalized spacial score (nSPS) is 18.5. The van der Waals surface area contributed by atoms with Gasteiger partial charge in [-0.3, -0.25) is 15.0 Å². The van der Waals surface area contributed by atoms with Crippen molar-refractivity contribution in [3.8, 4) is 6.07 Å². The van der Waals surface area contributed by atoms with Crippen LogP contribution in [-0.4, -0.2) is 21.7 Å². The van der Waals surface area contributed by atoms with Gasteiger partial charge in [-0.05, 0) is 43.0 Å². The van der Waals surface area contributed by atoms with Crippen molar-refractivity contribution in [2.45, 2.75) is 32.1 Å². The smallest absolute Gasteiger partial charge is 0.273 e. The van der Waals surface area contributed by atoms with E-state index in [1.807, 2.05) is 31.2 Å². The number of nitrogens with zero attached hydrogens (tertiary/aromatic N) is 3. The van der Waals surface area contributed by atoms with Crippen molar-refractivity contribution in [2.24, 2.45) is 5.73 Å². The summed E-state index contributed by atoms with van der Waals surface area (Å²) in [6, 6.07) is 12.9. The van der Waals surface area contributed by atoms with Gasteiger partial charge in [0.25, 0.3) is 5.91 Å². The van der Waals surface area contributed by atoms with Gasteiger partial charge in [-0.1, -0.05) is 35.9 Å². The maximum absolute atomic E-state index is 13.0. The summed E-state index contributed by atoms with van der Waals surface area (Å²) >= 11 is 6.06. The maximum Gasteiger partial charge on any atom is 0.273 e. The van der Waals surface area contributed by atoms with Crippen LogP contribution in [0.4, 0.5) is 0 Å². The fourth-order valence-electron chi connectivity index (χ4n) is 4.15. The molecular formula is C23H20ClN5O2. The highest BCUT2D eigenvalue weighted by Crippen LogP contribution is 2.44. The molecule has 0 saturated carbocycles. The van der Waals surface area contributed by atoms with Crippen LogP contribution in [0.1, 0.15) is 46.7 Å². The third-order valence-electron chi connectivity index (χ3n) is 5.63. The van der Waals surface area contributed by atoms with E-state index in [2.05, 4.69) is 16.5 Å². The number of nitrogens with one attached hydrogen (secondary N) is 1. The van der Waals surface area contributed by atoms with Gasteiger partial charge < -0.3 is 5.73 Å². The van der Waals surface area contributed by atoms with E-state index >= 15 is 0 Å². The second-order valence-electron chi connectivity index (χ2n) is 7.46. The molecule has 2 heterocycles. The molecule has 7 nitrogen and oxygen atoms in total. The van der Waals surface area contributed by atoms with Crippen molar-refractivity contribution >= 4 is 23.3 Å². The van der Waals surface area contributed by atoms with Crippen LogP contribution < -0.4 is 11.2 Å². The number of carbonyl (C=O) groups excluding carboxylic acids is 2. The number of nitrogens with two attached hydrogens (primary N) is 1. The fraction of sp³-hybridized carbons (Fsp3) is 0.217. The molecule has 31 heavy (non-hydrogen) atoms. The number of Topliss-reactive ketones (excluding diaryl/α,β-unsaturated/α-hetero) is 1. The van der Waals surface area contributed by atoms with Crippen molar-refractivity contribution in [3.05, 3.63) is 87.1 Å². The quantitative estimate of drug-likeness (QED) is 0.716. The Morgan fingerprint density at radius 1 is 1.29 bits per heavy atom. The van der Waals surface area contributed by atoms with Crippen molar-refractivity contribution in [1.29, 1.82) is 5.26 Å². The molecule has 8 heteroatoms. The van der Waals surface area contributed by atoms with E-state index in [1.54, 1.807) is 6.07 Å². The zero-order valence-corrected chi connectivity index (χ0v) is 17.6. The van der Waals surface area contributed by atoms with Gasteiger partial charge in [0.2, 0.25) is 0 Å². The number of carbonyl (C=O) groups is 2. The Morgan fingerprint density at radius 3 is 2.77 bits per heavy atom. The molecular weight excluding hydrogens is 414 g/mol. The Bertz CT molecular complexity index is 1190. The fourth-order valence-corrected chi connectivity index (χ4v) is 4.36. The summed E-state index contributed by atoms with van der Waals surface area (Å²) in [5.41, 5.74) is 12.4. The Balaban J connectivity index is 1.84. The van der Waals surface area contributed by atoms with E-state index in [4.69, 9.17) is 17.3 Å². The summed E-state index contributed by atoms with van der Waals surface area (Å²) < 4.78 is 0. The third-order valence-corrected chi connectivity index (χ3v) is 5.93. The number of hydrogen-bond acceptors (Lipinski definition) is 6. The number of aromatic nitrogens is 1. The zero-order valence-electron chi connectivity index (χ0n) is 16.9. The summed E-state index contributed by atoms with van der Waals surface area (Å²) in [7, 11) is 0. The molecule has 156 valence electrons. The summed E-state index contributed by atoms with van der Waals surface area (Å²) in [6.07, 6.45) is 3.04. The first-order valence-electron chi connectivity index (χ1n) is 9.87. The van der Waals surface area contributed by atoms with Crippen LogP contribution in [-0.2, 0) is 4.79 Å². The molecule has 0 saturated heterocycles. The van der Waals surface area contributed by atoms with Crippen LogP contribution in [0.5, 0.6) is 0 Å². The standard InChI is InChI=1S/C23H20ClN5O2/c1-13-6-2-3-7-14(13)19-16(12-25)22(26)29(17-9-4-10-18(30)20(17)19)28-23(31)15-8-5-11-27-21(15)24/h2-3,5-8,11,19H,4,9-10,26H2,1H3,(H,28,31). The first-order valence-corrected chi connectivity index (χ1v) is 10.2. The lowest BCUT2D eigenvalue weighted by Crippen LogP contribution is -2.48. The minimum atomic E-state index is -0.566. The number of benzene rings is 1. The molecule has 1 aliphatic heterocycles. The van der Waals surface area contributed by atoms with E-state index in [9.17, 15) is 14.9 Å².